The molecule has 0 spiro atoms. The zero-order valence-corrected chi connectivity index (χ0v) is 13.2. The Morgan fingerprint density at radius 3 is 2.27 bits per heavy atom. The van der Waals surface area contributed by atoms with Crippen molar-refractivity contribution in [3.63, 3.8) is 0 Å². The second-order valence-corrected chi connectivity index (χ2v) is 4.58. The first kappa shape index (κ1) is 15.9. The molecule has 2 N–H and O–H groups in total. The van der Waals surface area contributed by atoms with Gasteiger partial charge in [-0.3, -0.25) is 5.73 Å². The van der Waals surface area contributed by atoms with Gasteiger partial charge < -0.3 is 21.4 Å². The molecule has 0 bridgehead atoms. The summed E-state index contributed by atoms with van der Waals surface area (Å²) in [6.45, 7) is 0. The fourth-order valence-corrected chi connectivity index (χ4v) is 2.02. The Labute approximate surface area is 138 Å². The molecule has 0 aliphatic rings. The van der Waals surface area contributed by atoms with Crippen molar-refractivity contribution in [2.24, 2.45) is 0 Å². The number of nitrogen functional groups attached to an aromatic ring is 1. The molecule has 112 valence electrons. The number of nitrogens with two attached hydrogens (primary N) is 1. The van der Waals surface area contributed by atoms with Crippen LogP contribution in [0.2, 0.25) is 0 Å². The van der Waals surface area contributed by atoms with Crippen LogP contribution in [-0.4, -0.2) is 11.0 Å². The van der Waals surface area contributed by atoms with Crippen molar-refractivity contribution >= 4 is 11.9 Å². The zero-order valence-electron chi connectivity index (χ0n) is 11.6. The number of rotatable bonds is 3. The number of hydrogen-bond acceptors (Lipinski definition) is 4. The van der Waals surface area contributed by atoms with Gasteiger partial charge in [0, 0.05) is 5.56 Å². The number of anilines is 1. The van der Waals surface area contributed by atoms with E-state index in [0.717, 1.165) is 15.8 Å². The molecule has 0 amide bonds. The fraction of sp³-hybridized carbons (Fsp3) is 0.0625. The molecule has 0 aliphatic heterocycles. The van der Waals surface area contributed by atoms with Gasteiger partial charge in [-0.2, -0.15) is 0 Å². The average Bonchev–Trinajstić information content (AvgIpc) is 2.91. The molecule has 0 unspecified atom stereocenters. The van der Waals surface area contributed by atoms with Crippen molar-refractivity contribution in [2.45, 2.75) is 6.42 Å². The van der Waals surface area contributed by atoms with E-state index >= 15 is 0 Å². The number of nitrogens with zero attached hydrogens (tertiary/aromatic N) is 2. The van der Waals surface area contributed by atoms with Crippen molar-refractivity contribution in [2.75, 3.05) is 5.73 Å². The predicted octanol–water partition coefficient (Wildman–Crippen LogP) is -0.902. The Morgan fingerprint density at radius 1 is 1.05 bits per heavy atom. The molecule has 3 rings (SSSR count). The highest BCUT2D eigenvalue weighted by atomic mass is 79.9. The minimum atomic E-state index is -0.232. The Morgan fingerprint density at radius 2 is 1.64 bits per heavy atom. The third-order valence-corrected chi connectivity index (χ3v) is 3.06. The quantitative estimate of drug-likeness (QED) is 0.615. The lowest BCUT2D eigenvalue weighted by Crippen LogP contribution is -3.00. The van der Waals surface area contributed by atoms with Gasteiger partial charge in [-0.15, -0.1) is 0 Å². The molecule has 2 aromatic carbocycles. The highest BCUT2D eigenvalue weighted by molar-refractivity contribution is 5.70. The molecule has 6 heteroatoms. The average molecular weight is 360 g/mol. The highest BCUT2D eigenvalue weighted by Gasteiger charge is 2.24. The van der Waals surface area contributed by atoms with E-state index in [1.165, 1.54) is 0 Å². The van der Waals surface area contributed by atoms with Gasteiger partial charge >= 0.3 is 11.9 Å². The Bertz CT molecular complexity index is 758. The fourth-order valence-electron chi connectivity index (χ4n) is 2.02. The maximum absolute atomic E-state index is 12.2. The summed E-state index contributed by atoms with van der Waals surface area (Å²) in [4.78, 5) is 12.2. The summed E-state index contributed by atoms with van der Waals surface area (Å²) in [5.41, 5.74) is 7.42. The monoisotopic (exact) mass is 359 g/mol. The van der Waals surface area contributed by atoms with Gasteiger partial charge in [0.2, 0.25) is 0 Å². The van der Waals surface area contributed by atoms with Gasteiger partial charge in [0.05, 0.1) is 6.42 Å². The lowest BCUT2D eigenvalue weighted by Gasteiger charge is -1.95. The highest BCUT2D eigenvalue weighted by Crippen LogP contribution is 2.16. The minimum Gasteiger partial charge on any atom is -1.00 e. The van der Waals surface area contributed by atoms with E-state index in [0.29, 0.717) is 5.89 Å². The normalized spacial score (nSPS) is 10.0. The van der Waals surface area contributed by atoms with Crippen LogP contribution in [0.15, 0.2) is 65.1 Å². The molecule has 5 nitrogen and oxygen atoms in total. The molecule has 1 aromatic heterocycles. The molecule has 3 aromatic rings. The Hall–Kier alpha value is -2.47. The molecule has 0 atom stereocenters. The van der Waals surface area contributed by atoms with Crippen LogP contribution < -0.4 is 27.4 Å². The molecule has 0 fully saturated rings. The summed E-state index contributed by atoms with van der Waals surface area (Å²) in [6, 6.07) is 18.7. The maximum Gasteiger partial charge on any atom is 0.483 e. The van der Waals surface area contributed by atoms with E-state index in [4.69, 9.17) is 10.2 Å². The van der Waals surface area contributed by atoms with Gasteiger partial charge in [0.15, 0.2) is 0 Å². The third-order valence-electron chi connectivity index (χ3n) is 3.06. The van der Waals surface area contributed by atoms with E-state index in [1.807, 2.05) is 60.7 Å². The predicted molar refractivity (Wildman–Crippen MR) is 77.3 cm³/mol. The first-order valence-electron chi connectivity index (χ1n) is 6.55. The number of aromatic nitrogens is 2. The van der Waals surface area contributed by atoms with Gasteiger partial charge in [-0.1, -0.05) is 48.5 Å². The molecule has 22 heavy (non-hydrogen) atoms. The van der Waals surface area contributed by atoms with Crippen LogP contribution >= 0.6 is 0 Å². The maximum atomic E-state index is 12.2. The molecule has 1 heterocycles. The molecule has 0 saturated heterocycles. The Balaban J connectivity index is 0.00000176. The first-order chi connectivity index (χ1) is 10.2. The van der Waals surface area contributed by atoms with E-state index in [-0.39, 0.29) is 35.3 Å². The van der Waals surface area contributed by atoms with Crippen LogP contribution in [0.1, 0.15) is 10.4 Å². The van der Waals surface area contributed by atoms with Gasteiger partial charge in [0.25, 0.3) is 5.89 Å². The summed E-state index contributed by atoms with van der Waals surface area (Å²) in [6.07, 6.45) is 0.219. The van der Waals surface area contributed by atoms with Crippen molar-refractivity contribution in [3.8, 4) is 11.5 Å². The SMILES string of the molecule is Nc1oc(-c2ccccc2)n[n+]1C(=O)Cc1ccccc1.[Br-]. The summed E-state index contributed by atoms with van der Waals surface area (Å²) in [5.74, 6) is 0.0964. The largest absolute Gasteiger partial charge is 1.00 e. The molecular formula is C16H14BrN3O2. The van der Waals surface area contributed by atoms with Crippen molar-refractivity contribution in [1.29, 1.82) is 0 Å². The molecule has 0 radical (unpaired) electrons. The van der Waals surface area contributed by atoms with E-state index in [1.54, 1.807) is 0 Å². The second kappa shape index (κ2) is 7.00. The van der Waals surface area contributed by atoms with E-state index in [9.17, 15) is 4.79 Å². The van der Waals surface area contributed by atoms with E-state index in [2.05, 4.69) is 5.10 Å². The van der Waals surface area contributed by atoms with Crippen molar-refractivity contribution in [1.82, 2.24) is 5.10 Å². The van der Waals surface area contributed by atoms with Crippen LogP contribution in [0.25, 0.3) is 11.5 Å². The van der Waals surface area contributed by atoms with Crippen molar-refractivity contribution in [3.05, 3.63) is 66.2 Å². The third kappa shape index (κ3) is 3.40. The minimum absolute atomic E-state index is 0. The summed E-state index contributed by atoms with van der Waals surface area (Å²) in [7, 11) is 0. The van der Waals surface area contributed by atoms with Crippen LogP contribution in [0.3, 0.4) is 0 Å². The second-order valence-electron chi connectivity index (χ2n) is 4.58. The van der Waals surface area contributed by atoms with Gasteiger partial charge in [0.1, 0.15) is 0 Å². The summed E-state index contributed by atoms with van der Waals surface area (Å²) >= 11 is 0. The van der Waals surface area contributed by atoms with Crippen LogP contribution in [0.5, 0.6) is 0 Å². The van der Waals surface area contributed by atoms with Crippen LogP contribution in [-0.2, 0) is 6.42 Å². The zero-order chi connectivity index (χ0) is 14.7. The number of halogens is 1. The smallest absolute Gasteiger partial charge is 0.483 e. The molecular weight excluding hydrogens is 346 g/mol. The molecule has 0 aliphatic carbocycles. The summed E-state index contributed by atoms with van der Waals surface area (Å²) < 4.78 is 6.47. The van der Waals surface area contributed by atoms with E-state index < -0.39 is 0 Å². The number of carbonyl (C=O) groups is 1. The number of carbonyl (C=O) groups excluding carboxylic acids is 1. The van der Waals surface area contributed by atoms with Crippen LogP contribution in [0, 0.1) is 0 Å². The molecule has 0 saturated carbocycles. The lowest BCUT2D eigenvalue weighted by molar-refractivity contribution is -0.622. The standard InChI is InChI=1S/C16H13N3O2.BrH/c17-16-19(14(20)11-12-7-3-1-4-8-12)18-15(21-16)13-9-5-2-6-10-13;/h1-10,17H,11H2;1H. The first-order valence-corrected chi connectivity index (χ1v) is 6.55. The Kier molecular flexibility index (Phi) is 5.06. The lowest BCUT2D eigenvalue weighted by atomic mass is 10.1. The van der Waals surface area contributed by atoms with Crippen LogP contribution in [0.4, 0.5) is 6.01 Å². The number of hydrogen-bond donors (Lipinski definition) is 1. The topological polar surface area (TPSA) is 73.0 Å². The van der Waals surface area contributed by atoms with Gasteiger partial charge in [-0.25, -0.2) is 4.79 Å². The summed E-state index contributed by atoms with van der Waals surface area (Å²) in [5, 5.41) is 4.15. The van der Waals surface area contributed by atoms with Gasteiger partial charge in [-0.05, 0) is 27.5 Å². The number of benzene rings is 2. The van der Waals surface area contributed by atoms with Crippen molar-refractivity contribution < 1.29 is 30.9 Å².